The third-order valence-electron chi connectivity index (χ3n) is 3.44. The first-order chi connectivity index (χ1) is 11.1. The van der Waals surface area contributed by atoms with Crippen molar-refractivity contribution in [2.45, 2.75) is 26.7 Å². The number of hydrogen-bond donors (Lipinski definition) is 1. The van der Waals surface area contributed by atoms with Gasteiger partial charge in [0.2, 0.25) is 0 Å². The second-order valence-corrected chi connectivity index (χ2v) is 5.21. The molecule has 0 spiro atoms. The predicted octanol–water partition coefficient (Wildman–Crippen LogP) is 4.13. The van der Waals surface area contributed by atoms with Crippen LogP contribution in [0.4, 0.5) is 5.69 Å². The maximum atomic E-state index is 8.91. The number of nitriles is 2. The molecule has 0 amide bonds. The highest BCUT2D eigenvalue weighted by atomic mass is 16.5. The summed E-state index contributed by atoms with van der Waals surface area (Å²) in [5.41, 5.74) is 1.33. The van der Waals surface area contributed by atoms with Crippen LogP contribution in [0.1, 0.15) is 26.7 Å². The van der Waals surface area contributed by atoms with Crippen LogP contribution in [0.2, 0.25) is 0 Å². The van der Waals surface area contributed by atoms with Crippen molar-refractivity contribution in [2.24, 2.45) is 5.92 Å². The lowest BCUT2D eigenvalue weighted by Crippen LogP contribution is -2.08. The molecule has 1 aromatic carbocycles. The molecule has 23 heavy (non-hydrogen) atoms. The third kappa shape index (κ3) is 6.12. The number of nitrogens with zero attached hydrogens (tertiary/aromatic N) is 3. The van der Waals surface area contributed by atoms with Gasteiger partial charge in [0.05, 0.1) is 25.3 Å². The number of benzene rings is 1. The fraction of sp³-hybridized carbons (Fsp3) is 0.389. The normalized spacial score (nSPS) is 12.1. The number of rotatable bonds is 8. The molecule has 0 bridgehead atoms. The molecule has 0 saturated heterocycles. The van der Waals surface area contributed by atoms with Crippen LogP contribution in [0.15, 0.2) is 35.5 Å². The lowest BCUT2D eigenvalue weighted by Gasteiger charge is -2.12. The van der Waals surface area contributed by atoms with Gasteiger partial charge in [0.15, 0.2) is 0 Å². The Labute approximate surface area is 137 Å². The molecule has 0 saturated carbocycles. The molecular formula is C18H20N4O. The van der Waals surface area contributed by atoms with E-state index in [1.807, 2.05) is 36.4 Å². The van der Waals surface area contributed by atoms with Gasteiger partial charge in [-0.3, -0.25) is 0 Å². The number of allylic oxidation sites excluding steroid dienone is 1. The van der Waals surface area contributed by atoms with Crippen LogP contribution in [-0.4, -0.2) is 13.2 Å². The fourth-order valence-electron chi connectivity index (χ4n) is 1.74. The molecule has 1 aromatic rings. The minimum absolute atomic E-state index is 0.0208. The first-order valence-electron chi connectivity index (χ1n) is 7.47. The van der Waals surface area contributed by atoms with Crippen molar-refractivity contribution in [3.05, 3.63) is 47.0 Å². The van der Waals surface area contributed by atoms with Crippen LogP contribution >= 0.6 is 0 Å². The van der Waals surface area contributed by atoms with Crippen molar-refractivity contribution in [3.8, 4) is 17.9 Å². The van der Waals surface area contributed by atoms with Gasteiger partial charge in [-0.15, -0.1) is 0 Å². The molecule has 1 unspecified atom stereocenters. The van der Waals surface area contributed by atoms with E-state index in [0.29, 0.717) is 24.6 Å². The first kappa shape index (κ1) is 18.1. The number of ether oxygens (including phenoxy) is 1. The SMILES string of the molecule is [C-]#[N+]/C(C#N)=C(\CC#N)CNc1ccc(OCC(C)CC)cc1. The highest BCUT2D eigenvalue weighted by molar-refractivity contribution is 5.48. The van der Waals surface area contributed by atoms with Crippen molar-refractivity contribution >= 4 is 5.69 Å². The van der Waals surface area contributed by atoms with Crippen LogP contribution in [-0.2, 0) is 0 Å². The van der Waals surface area contributed by atoms with E-state index in [1.54, 1.807) is 0 Å². The largest absolute Gasteiger partial charge is 0.493 e. The third-order valence-corrected chi connectivity index (χ3v) is 3.44. The van der Waals surface area contributed by atoms with Gasteiger partial charge in [0.1, 0.15) is 5.75 Å². The van der Waals surface area contributed by atoms with E-state index in [2.05, 4.69) is 24.0 Å². The Kier molecular flexibility index (Phi) is 7.76. The lowest BCUT2D eigenvalue weighted by molar-refractivity contribution is 0.256. The molecule has 0 aliphatic rings. The average molecular weight is 308 g/mol. The Morgan fingerprint density at radius 3 is 2.57 bits per heavy atom. The zero-order chi connectivity index (χ0) is 17.1. The molecular weight excluding hydrogens is 288 g/mol. The molecule has 0 aliphatic heterocycles. The molecule has 0 radical (unpaired) electrons. The molecule has 118 valence electrons. The van der Waals surface area contributed by atoms with Crippen LogP contribution in [0, 0.1) is 35.2 Å². The first-order valence-corrected chi connectivity index (χ1v) is 7.47. The second kappa shape index (κ2) is 9.87. The molecule has 0 fully saturated rings. The molecule has 0 aromatic heterocycles. The topological polar surface area (TPSA) is 73.2 Å². The summed E-state index contributed by atoms with van der Waals surface area (Å²) in [6.45, 7) is 12.2. The van der Waals surface area contributed by atoms with E-state index in [-0.39, 0.29) is 12.1 Å². The molecule has 0 heterocycles. The van der Waals surface area contributed by atoms with E-state index in [0.717, 1.165) is 17.9 Å². The van der Waals surface area contributed by atoms with Gasteiger partial charge in [-0.2, -0.15) is 5.26 Å². The van der Waals surface area contributed by atoms with Crippen LogP contribution in [0.5, 0.6) is 5.75 Å². The van der Waals surface area contributed by atoms with Gasteiger partial charge >= 0.3 is 0 Å². The monoisotopic (exact) mass is 308 g/mol. The Morgan fingerprint density at radius 2 is 2.04 bits per heavy atom. The summed E-state index contributed by atoms with van der Waals surface area (Å²) >= 11 is 0. The molecule has 0 aliphatic carbocycles. The van der Waals surface area contributed by atoms with Crippen molar-refractivity contribution in [3.63, 3.8) is 0 Å². The van der Waals surface area contributed by atoms with Gasteiger partial charge in [-0.25, -0.2) is 10.1 Å². The van der Waals surface area contributed by atoms with E-state index in [4.69, 9.17) is 21.8 Å². The predicted molar refractivity (Wildman–Crippen MR) is 89.4 cm³/mol. The summed E-state index contributed by atoms with van der Waals surface area (Å²) in [5, 5.41) is 20.8. The van der Waals surface area contributed by atoms with Gasteiger partial charge < -0.3 is 10.1 Å². The quantitative estimate of drug-likeness (QED) is 0.579. The fourth-order valence-corrected chi connectivity index (χ4v) is 1.74. The smallest absolute Gasteiger partial charge is 0.263 e. The summed E-state index contributed by atoms with van der Waals surface area (Å²) < 4.78 is 5.69. The maximum absolute atomic E-state index is 8.91. The zero-order valence-corrected chi connectivity index (χ0v) is 13.5. The number of hydrogen-bond acceptors (Lipinski definition) is 4. The van der Waals surface area contributed by atoms with E-state index < -0.39 is 0 Å². The highest BCUT2D eigenvalue weighted by Gasteiger charge is 2.06. The van der Waals surface area contributed by atoms with Crippen LogP contribution in [0.3, 0.4) is 0 Å². The molecule has 1 N–H and O–H groups in total. The van der Waals surface area contributed by atoms with Crippen molar-refractivity contribution in [1.82, 2.24) is 0 Å². The Hall–Kier alpha value is -2.97. The molecule has 1 rings (SSSR count). The van der Waals surface area contributed by atoms with Crippen LogP contribution < -0.4 is 10.1 Å². The minimum atomic E-state index is -0.0208. The van der Waals surface area contributed by atoms with Crippen molar-refractivity contribution in [1.29, 1.82) is 10.5 Å². The summed E-state index contributed by atoms with van der Waals surface area (Å²) in [4.78, 5) is 3.16. The Balaban J connectivity index is 2.65. The van der Waals surface area contributed by atoms with E-state index in [9.17, 15) is 0 Å². The summed E-state index contributed by atoms with van der Waals surface area (Å²) in [7, 11) is 0. The van der Waals surface area contributed by atoms with Gasteiger partial charge in [0.25, 0.3) is 5.70 Å². The summed E-state index contributed by atoms with van der Waals surface area (Å²) in [6, 6.07) is 11.3. The Morgan fingerprint density at radius 1 is 1.35 bits per heavy atom. The summed E-state index contributed by atoms with van der Waals surface area (Å²) in [6.07, 6.45) is 1.14. The van der Waals surface area contributed by atoms with Crippen molar-refractivity contribution < 1.29 is 4.74 Å². The molecule has 5 heteroatoms. The van der Waals surface area contributed by atoms with E-state index >= 15 is 0 Å². The van der Waals surface area contributed by atoms with Gasteiger partial charge in [-0.05, 0) is 35.8 Å². The lowest BCUT2D eigenvalue weighted by atomic mass is 10.1. The number of anilines is 1. The average Bonchev–Trinajstić information content (AvgIpc) is 2.59. The second-order valence-electron chi connectivity index (χ2n) is 5.21. The van der Waals surface area contributed by atoms with Crippen LogP contribution in [0.25, 0.3) is 4.85 Å². The van der Waals surface area contributed by atoms with Gasteiger partial charge in [0, 0.05) is 18.7 Å². The Bertz CT molecular complexity index is 640. The van der Waals surface area contributed by atoms with Gasteiger partial charge in [-0.1, -0.05) is 20.3 Å². The van der Waals surface area contributed by atoms with Crippen molar-refractivity contribution in [2.75, 3.05) is 18.5 Å². The maximum Gasteiger partial charge on any atom is 0.263 e. The summed E-state index contributed by atoms with van der Waals surface area (Å²) in [5.74, 6) is 1.33. The number of nitrogens with one attached hydrogen (secondary N) is 1. The highest BCUT2D eigenvalue weighted by Crippen LogP contribution is 2.18. The standard InChI is InChI=1S/C18H20N4O/c1-4-14(2)13-23-17-7-5-16(6-8-17)22-12-15(9-10-19)18(11-20)21-3/h5-8,14,22H,4,9,12-13H2,1-2H3/b18-15+. The minimum Gasteiger partial charge on any atom is -0.493 e. The molecule has 5 nitrogen and oxygen atoms in total. The zero-order valence-electron chi connectivity index (χ0n) is 13.5. The van der Waals surface area contributed by atoms with E-state index in [1.165, 1.54) is 0 Å². The molecule has 1 atom stereocenters.